The smallest absolute Gasteiger partial charge is 0.132 e. The first-order valence-corrected chi connectivity index (χ1v) is 6.52. The maximum atomic E-state index is 9.24. The van der Waals surface area contributed by atoms with Crippen LogP contribution in [0.1, 0.15) is 24.7 Å². The summed E-state index contributed by atoms with van der Waals surface area (Å²) in [5.74, 6) is 0.720. The van der Waals surface area contributed by atoms with Gasteiger partial charge in [0, 0.05) is 11.6 Å². The van der Waals surface area contributed by atoms with Gasteiger partial charge in [0.2, 0.25) is 0 Å². The van der Waals surface area contributed by atoms with Crippen LogP contribution in [0.2, 0.25) is 5.02 Å². The average molecular weight is 282 g/mol. The quantitative estimate of drug-likeness (QED) is 0.883. The molecule has 19 heavy (non-hydrogen) atoms. The number of aryl methyl sites for hydroxylation is 1. The molecule has 1 aromatic carbocycles. The fraction of sp³-hybridized carbons (Fsp3) is 0.385. The number of benzene rings is 1. The molecule has 1 aromatic heterocycles. The molecule has 102 valence electrons. The molecule has 0 atom stereocenters. The van der Waals surface area contributed by atoms with Crippen molar-refractivity contribution in [3.8, 4) is 5.75 Å². The van der Waals surface area contributed by atoms with E-state index in [1.54, 1.807) is 28.9 Å². The van der Waals surface area contributed by atoms with Gasteiger partial charge in [0.1, 0.15) is 23.7 Å². The molecule has 0 unspecified atom stereocenters. The molecular weight excluding hydrogens is 266 g/mol. The topological polar surface area (TPSA) is 60.2 Å². The van der Waals surface area contributed by atoms with Crippen LogP contribution in [0.3, 0.4) is 0 Å². The molecule has 0 aliphatic heterocycles. The van der Waals surface area contributed by atoms with Gasteiger partial charge >= 0.3 is 0 Å². The second-order valence-corrected chi connectivity index (χ2v) is 4.54. The van der Waals surface area contributed by atoms with Crippen LogP contribution in [-0.4, -0.2) is 20.1 Å². The Morgan fingerprint density at radius 1 is 1.32 bits per heavy atom. The summed E-state index contributed by atoms with van der Waals surface area (Å²) >= 11 is 5.81. The van der Waals surface area contributed by atoms with Crippen molar-refractivity contribution in [1.29, 1.82) is 0 Å². The number of hydrogen-bond donors (Lipinski definition) is 1. The zero-order valence-electron chi connectivity index (χ0n) is 10.7. The van der Waals surface area contributed by atoms with Crippen molar-refractivity contribution in [2.45, 2.75) is 33.1 Å². The average Bonchev–Trinajstić information content (AvgIpc) is 2.81. The van der Waals surface area contributed by atoms with Crippen LogP contribution in [0.5, 0.6) is 5.75 Å². The SMILES string of the molecule is CCCn1nnc(CO)c1COc1ccc(Cl)cc1. The van der Waals surface area contributed by atoms with Gasteiger partial charge in [-0.1, -0.05) is 23.7 Å². The van der Waals surface area contributed by atoms with Crippen LogP contribution in [0, 0.1) is 0 Å². The largest absolute Gasteiger partial charge is 0.487 e. The van der Waals surface area contributed by atoms with E-state index in [4.69, 9.17) is 16.3 Å². The predicted octanol–water partition coefficient (Wildman–Crippen LogP) is 2.41. The standard InChI is InChI=1S/C13H16ClN3O2/c1-2-7-17-13(12(8-18)15-16-17)9-19-11-5-3-10(14)4-6-11/h3-6,18H,2,7-9H2,1H3. The minimum absolute atomic E-state index is 0.136. The van der Waals surface area contributed by atoms with E-state index in [9.17, 15) is 5.11 Å². The summed E-state index contributed by atoms with van der Waals surface area (Å²) < 4.78 is 7.43. The molecule has 2 rings (SSSR count). The normalized spacial score (nSPS) is 10.7. The summed E-state index contributed by atoms with van der Waals surface area (Å²) in [6.45, 7) is 3.00. The van der Waals surface area contributed by atoms with E-state index in [1.807, 2.05) is 0 Å². The van der Waals surface area contributed by atoms with Crippen molar-refractivity contribution in [1.82, 2.24) is 15.0 Å². The Balaban J connectivity index is 2.09. The molecule has 0 bridgehead atoms. The maximum absolute atomic E-state index is 9.24. The number of aliphatic hydroxyl groups excluding tert-OH is 1. The van der Waals surface area contributed by atoms with E-state index in [-0.39, 0.29) is 6.61 Å². The van der Waals surface area contributed by atoms with Crippen LogP contribution >= 0.6 is 11.6 Å². The second-order valence-electron chi connectivity index (χ2n) is 4.11. The molecule has 5 nitrogen and oxygen atoms in total. The molecule has 0 radical (unpaired) electrons. The van der Waals surface area contributed by atoms with Gasteiger partial charge in [-0.2, -0.15) is 0 Å². The number of rotatable bonds is 6. The summed E-state index contributed by atoms with van der Waals surface area (Å²) in [6.07, 6.45) is 0.947. The van der Waals surface area contributed by atoms with E-state index in [0.717, 1.165) is 24.4 Å². The third-order valence-corrected chi connectivity index (χ3v) is 2.94. The summed E-state index contributed by atoms with van der Waals surface area (Å²) in [7, 11) is 0. The Hall–Kier alpha value is -1.59. The number of aromatic nitrogens is 3. The van der Waals surface area contributed by atoms with Crippen molar-refractivity contribution in [2.24, 2.45) is 0 Å². The number of nitrogens with zero attached hydrogens (tertiary/aromatic N) is 3. The molecule has 1 N–H and O–H groups in total. The van der Waals surface area contributed by atoms with Crippen LogP contribution < -0.4 is 4.74 Å². The Morgan fingerprint density at radius 2 is 2.05 bits per heavy atom. The summed E-state index contributed by atoms with van der Waals surface area (Å²) in [6, 6.07) is 7.14. The van der Waals surface area contributed by atoms with Crippen molar-refractivity contribution in [3.63, 3.8) is 0 Å². The van der Waals surface area contributed by atoms with Gasteiger partial charge in [0.05, 0.1) is 6.61 Å². The van der Waals surface area contributed by atoms with E-state index in [1.165, 1.54) is 0 Å². The number of ether oxygens (including phenoxy) is 1. The second kappa shape index (κ2) is 6.54. The monoisotopic (exact) mass is 281 g/mol. The van der Waals surface area contributed by atoms with E-state index >= 15 is 0 Å². The molecule has 0 saturated heterocycles. The van der Waals surface area contributed by atoms with Crippen molar-refractivity contribution in [3.05, 3.63) is 40.7 Å². The minimum Gasteiger partial charge on any atom is -0.487 e. The molecule has 0 saturated carbocycles. The van der Waals surface area contributed by atoms with Crippen molar-refractivity contribution < 1.29 is 9.84 Å². The van der Waals surface area contributed by atoms with Gasteiger partial charge < -0.3 is 9.84 Å². The lowest BCUT2D eigenvalue weighted by atomic mass is 10.3. The van der Waals surface area contributed by atoms with E-state index in [0.29, 0.717) is 17.3 Å². The first kappa shape index (κ1) is 13.8. The third-order valence-electron chi connectivity index (χ3n) is 2.69. The minimum atomic E-state index is -0.136. The van der Waals surface area contributed by atoms with Crippen molar-refractivity contribution >= 4 is 11.6 Å². The van der Waals surface area contributed by atoms with Crippen molar-refractivity contribution in [2.75, 3.05) is 0 Å². The highest BCUT2D eigenvalue weighted by Crippen LogP contribution is 2.17. The zero-order chi connectivity index (χ0) is 13.7. The molecular formula is C13H16ClN3O2. The van der Waals surface area contributed by atoms with E-state index in [2.05, 4.69) is 17.2 Å². The molecule has 0 aliphatic carbocycles. The molecule has 6 heteroatoms. The fourth-order valence-electron chi connectivity index (χ4n) is 1.72. The molecule has 0 amide bonds. The lowest BCUT2D eigenvalue weighted by Crippen LogP contribution is -2.09. The Kier molecular flexibility index (Phi) is 4.76. The highest BCUT2D eigenvalue weighted by atomic mass is 35.5. The van der Waals surface area contributed by atoms with Crippen LogP contribution in [-0.2, 0) is 19.8 Å². The zero-order valence-corrected chi connectivity index (χ0v) is 11.5. The molecule has 1 heterocycles. The van der Waals surface area contributed by atoms with Crippen LogP contribution in [0.15, 0.2) is 24.3 Å². The highest BCUT2D eigenvalue weighted by Gasteiger charge is 2.12. The molecule has 0 aliphatic rings. The lowest BCUT2D eigenvalue weighted by molar-refractivity contribution is 0.261. The summed E-state index contributed by atoms with van der Waals surface area (Å²) in [4.78, 5) is 0. The summed E-state index contributed by atoms with van der Waals surface area (Å²) in [5.41, 5.74) is 1.36. The highest BCUT2D eigenvalue weighted by molar-refractivity contribution is 6.30. The third kappa shape index (κ3) is 3.45. The molecule has 2 aromatic rings. The lowest BCUT2D eigenvalue weighted by Gasteiger charge is -2.09. The number of hydrogen-bond acceptors (Lipinski definition) is 4. The fourth-order valence-corrected chi connectivity index (χ4v) is 1.85. The Labute approximate surface area is 116 Å². The van der Waals surface area contributed by atoms with Gasteiger partial charge in [0.25, 0.3) is 0 Å². The molecule has 0 fully saturated rings. The number of aliphatic hydroxyl groups is 1. The van der Waals surface area contributed by atoms with Gasteiger partial charge in [-0.05, 0) is 30.7 Å². The van der Waals surface area contributed by atoms with Crippen LogP contribution in [0.25, 0.3) is 0 Å². The van der Waals surface area contributed by atoms with Gasteiger partial charge in [-0.15, -0.1) is 5.10 Å². The number of halogens is 1. The maximum Gasteiger partial charge on any atom is 0.132 e. The van der Waals surface area contributed by atoms with E-state index < -0.39 is 0 Å². The van der Waals surface area contributed by atoms with Gasteiger partial charge in [-0.3, -0.25) is 0 Å². The van der Waals surface area contributed by atoms with Gasteiger partial charge in [0.15, 0.2) is 0 Å². The Morgan fingerprint density at radius 3 is 2.68 bits per heavy atom. The van der Waals surface area contributed by atoms with Crippen LogP contribution in [0.4, 0.5) is 0 Å². The summed E-state index contributed by atoms with van der Waals surface area (Å²) in [5, 5.41) is 17.9. The first-order valence-electron chi connectivity index (χ1n) is 6.15. The van der Waals surface area contributed by atoms with Gasteiger partial charge in [-0.25, -0.2) is 4.68 Å². The first-order chi connectivity index (χ1) is 9.24. The Bertz CT molecular complexity index is 525. The predicted molar refractivity (Wildman–Crippen MR) is 72.0 cm³/mol. The molecule has 0 spiro atoms.